The normalized spacial score (nSPS) is 14.0. The highest BCUT2D eigenvalue weighted by Crippen LogP contribution is 2.32. The van der Waals surface area contributed by atoms with Crippen LogP contribution < -0.4 is 10.0 Å². The summed E-state index contributed by atoms with van der Waals surface area (Å²) in [6.07, 6.45) is 5.05. The molecule has 1 aliphatic carbocycles. The monoisotopic (exact) mass is 459 g/mol. The van der Waals surface area contributed by atoms with Gasteiger partial charge in [-0.05, 0) is 55.7 Å². The number of carbonyl (C=O) groups excluding carboxylic acids is 1. The summed E-state index contributed by atoms with van der Waals surface area (Å²) >= 11 is 0. The zero-order valence-electron chi connectivity index (χ0n) is 16.9. The van der Waals surface area contributed by atoms with E-state index in [4.69, 9.17) is 4.52 Å². The van der Waals surface area contributed by atoms with Crippen molar-refractivity contribution in [3.8, 4) is 0 Å². The van der Waals surface area contributed by atoms with Crippen LogP contribution in [0.2, 0.25) is 0 Å². The smallest absolute Gasteiger partial charge is 0.261 e. The maximum Gasteiger partial charge on any atom is 0.261 e. The van der Waals surface area contributed by atoms with Crippen LogP contribution in [0.1, 0.15) is 29.9 Å². The Kier molecular flexibility index (Phi) is 5.79. The van der Waals surface area contributed by atoms with Crippen LogP contribution in [0.25, 0.3) is 12.2 Å². The van der Waals surface area contributed by atoms with Crippen molar-refractivity contribution in [3.63, 3.8) is 0 Å². The van der Waals surface area contributed by atoms with Crippen LogP contribution in [0.4, 0.5) is 20.2 Å². The molecule has 3 aromatic rings. The summed E-state index contributed by atoms with van der Waals surface area (Å²) in [5, 5.41) is 6.71. The Bertz CT molecular complexity index is 1300. The van der Waals surface area contributed by atoms with Gasteiger partial charge in [0.1, 0.15) is 23.0 Å². The summed E-state index contributed by atoms with van der Waals surface area (Å²) in [7, 11) is -4.06. The van der Waals surface area contributed by atoms with E-state index in [2.05, 4.69) is 15.2 Å². The molecule has 0 saturated heterocycles. The summed E-state index contributed by atoms with van der Waals surface area (Å²) < 4.78 is 59.1. The Balaban J connectivity index is 1.48. The molecule has 0 radical (unpaired) electrons. The van der Waals surface area contributed by atoms with Gasteiger partial charge in [0.2, 0.25) is 5.91 Å². The van der Waals surface area contributed by atoms with Gasteiger partial charge >= 0.3 is 0 Å². The van der Waals surface area contributed by atoms with Crippen LogP contribution in [-0.4, -0.2) is 19.5 Å². The minimum absolute atomic E-state index is 0.0348. The largest absolute Gasteiger partial charge is 0.354 e. The predicted octanol–water partition coefficient (Wildman–Crippen LogP) is 4.58. The molecular formula is C22H19F2N3O4S. The van der Waals surface area contributed by atoms with E-state index < -0.39 is 21.7 Å². The van der Waals surface area contributed by atoms with Gasteiger partial charge in [0.25, 0.3) is 10.0 Å². The number of hydrogen-bond acceptors (Lipinski definition) is 5. The van der Waals surface area contributed by atoms with Crippen molar-refractivity contribution in [2.75, 3.05) is 10.0 Å². The predicted molar refractivity (Wildman–Crippen MR) is 115 cm³/mol. The molecule has 0 atom stereocenters. The van der Waals surface area contributed by atoms with Gasteiger partial charge in [0, 0.05) is 12.0 Å². The van der Waals surface area contributed by atoms with Crippen molar-refractivity contribution in [2.24, 2.45) is 5.92 Å². The molecular weight excluding hydrogens is 440 g/mol. The number of aromatic nitrogens is 1. The van der Waals surface area contributed by atoms with Gasteiger partial charge in [-0.2, -0.15) is 0 Å². The van der Waals surface area contributed by atoms with Gasteiger partial charge in [-0.15, -0.1) is 0 Å². The molecule has 2 N–H and O–H groups in total. The van der Waals surface area contributed by atoms with Gasteiger partial charge in [0.15, 0.2) is 5.76 Å². The lowest BCUT2D eigenvalue weighted by Gasteiger charge is -2.09. The van der Waals surface area contributed by atoms with E-state index in [1.807, 2.05) is 0 Å². The second kappa shape index (κ2) is 8.54. The zero-order valence-corrected chi connectivity index (χ0v) is 17.7. The summed E-state index contributed by atoms with van der Waals surface area (Å²) in [5.74, 6) is -1.47. The van der Waals surface area contributed by atoms with Gasteiger partial charge in [-0.3, -0.25) is 9.52 Å². The van der Waals surface area contributed by atoms with Crippen LogP contribution in [0, 0.1) is 24.5 Å². The molecule has 2 aromatic carbocycles. The highest BCUT2D eigenvalue weighted by atomic mass is 32.2. The van der Waals surface area contributed by atoms with Gasteiger partial charge < -0.3 is 9.84 Å². The minimum atomic E-state index is -4.06. The molecule has 7 nitrogen and oxygen atoms in total. The zero-order chi connectivity index (χ0) is 22.9. The van der Waals surface area contributed by atoms with E-state index in [1.165, 1.54) is 12.1 Å². The van der Waals surface area contributed by atoms with Crippen molar-refractivity contribution in [1.82, 2.24) is 5.16 Å². The number of nitrogens with zero attached hydrogens (tertiary/aromatic N) is 1. The van der Waals surface area contributed by atoms with E-state index in [0.717, 1.165) is 25.0 Å². The molecule has 1 saturated carbocycles. The van der Waals surface area contributed by atoms with Crippen LogP contribution >= 0.6 is 0 Å². The molecule has 10 heteroatoms. The number of carbonyl (C=O) groups is 1. The average molecular weight is 459 g/mol. The SMILES string of the molecule is Cc1noc(C=Cc2ccc(S(=O)(=O)Nc3ccc(F)cc3F)cc2)c1NC(=O)C1CC1. The number of nitrogens with one attached hydrogen (secondary N) is 2. The Morgan fingerprint density at radius 2 is 1.84 bits per heavy atom. The highest BCUT2D eigenvalue weighted by molar-refractivity contribution is 7.92. The fourth-order valence-corrected chi connectivity index (χ4v) is 4.00. The fraction of sp³-hybridized carbons (Fsp3) is 0.182. The lowest BCUT2D eigenvalue weighted by molar-refractivity contribution is -0.117. The van der Waals surface area contributed by atoms with E-state index >= 15 is 0 Å². The highest BCUT2D eigenvalue weighted by Gasteiger charge is 2.30. The number of sulfonamides is 1. The number of rotatable bonds is 7. The van der Waals surface area contributed by atoms with Crippen molar-refractivity contribution in [2.45, 2.75) is 24.7 Å². The van der Waals surface area contributed by atoms with E-state index in [9.17, 15) is 22.0 Å². The molecule has 0 spiro atoms. The third kappa shape index (κ3) is 4.86. The molecule has 1 fully saturated rings. The molecule has 0 bridgehead atoms. The maximum atomic E-state index is 13.8. The standard InChI is InChI=1S/C22H19F2N3O4S/c1-13-21(25-22(28)15-5-6-15)20(31-26-13)11-4-14-2-8-17(9-3-14)32(29,30)27-19-10-7-16(23)12-18(19)24/h2-4,7-12,15,27H,5-6H2,1H3,(H,25,28). The summed E-state index contributed by atoms with van der Waals surface area (Å²) in [5.41, 5.74) is 1.37. The topological polar surface area (TPSA) is 101 Å². The van der Waals surface area contributed by atoms with Gasteiger partial charge in [-0.1, -0.05) is 23.4 Å². The van der Waals surface area contributed by atoms with Gasteiger partial charge in [-0.25, -0.2) is 17.2 Å². The van der Waals surface area contributed by atoms with Crippen molar-refractivity contribution in [3.05, 3.63) is 71.1 Å². The number of hydrogen-bond donors (Lipinski definition) is 2. The third-order valence-electron chi connectivity index (χ3n) is 4.88. The number of anilines is 2. The Labute approximate surface area is 183 Å². The van der Waals surface area contributed by atoms with Crippen molar-refractivity contribution < 1.29 is 26.5 Å². The third-order valence-corrected chi connectivity index (χ3v) is 6.26. The molecule has 1 aromatic heterocycles. The Hall–Kier alpha value is -3.53. The number of amides is 1. The first-order chi connectivity index (χ1) is 15.2. The maximum absolute atomic E-state index is 13.8. The molecule has 0 unspecified atom stereocenters. The van der Waals surface area contributed by atoms with E-state index in [0.29, 0.717) is 28.8 Å². The number of halogens is 2. The van der Waals surface area contributed by atoms with E-state index in [-0.39, 0.29) is 22.4 Å². The lowest BCUT2D eigenvalue weighted by atomic mass is 10.2. The van der Waals surface area contributed by atoms with Crippen LogP contribution in [0.3, 0.4) is 0 Å². The first kappa shape index (κ1) is 21.7. The second-order valence-corrected chi connectivity index (χ2v) is 9.09. The first-order valence-electron chi connectivity index (χ1n) is 9.76. The quantitative estimate of drug-likeness (QED) is 0.539. The van der Waals surface area contributed by atoms with Gasteiger partial charge in [0.05, 0.1) is 10.6 Å². The molecule has 32 heavy (non-hydrogen) atoms. The van der Waals surface area contributed by atoms with Crippen LogP contribution in [-0.2, 0) is 14.8 Å². The molecule has 4 rings (SSSR count). The van der Waals surface area contributed by atoms with Crippen LogP contribution in [0.5, 0.6) is 0 Å². The first-order valence-corrected chi connectivity index (χ1v) is 11.2. The molecule has 166 valence electrons. The summed E-state index contributed by atoms with van der Waals surface area (Å²) in [6.45, 7) is 1.72. The van der Waals surface area contributed by atoms with E-state index in [1.54, 1.807) is 31.2 Å². The summed E-state index contributed by atoms with van der Waals surface area (Å²) in [6, 6.07) is 8.38. The van der Waals surface area contributed by atoms with Crippen molar-refractivity contribution >= 4 is 39.5 Å². The fourth-order valence-electron chi connectivity index (χ4n) is 2.93. The Morgan fingerprint density at radius 3 is 2.50 bits per heavy atom. The molecule has 0 aliphatic heterocycles. The Morgan fingerprint density at radius 1 is 1.12 bits per heavy atom. The average Bonchev–Trinajstić information content (AvgIpc) is 3.55. The summed E-state index contributed by atoms with van der Waals surface area (Å²) in [4.78, 5) is 12.0. The number of benzene rings is 2. The van der Waals surface area contributed by atoms with Crippen LogP contribution in [0.15, 0.2) is 51.9 Å². The minimum Gasteiger partial charge on any atom is -0.354 e. The van der Waals surface area contributed by atoms with Crippen molar-refractivity contribution in [1.29, 1.82) is 0 Å². The second-order valence-electron chi connectivity index (χ2n) is 7.40. The molecule has 1 heterocycles. The lowest BCUT2D eigenvalue weighted by Crippen LogP contribution is -2.14. The molecule has 1 aliphatic rings. The molecule has 1 amide bonds. The number of aryl methyl sites for hydroxylation is 1.